The highest BCUT2D eigenvalue weighted by molar-refractivity contribution is 6.34. The van der Waals surface area contributed by atoms with Gasteiger partial charge in [0.15, 0.2) is 5.78 Å². The first-order chi connectivity index (χ1) is 13.1. The fourth-order valence-electron chi connectivity index (χ4n) is 4.18. The highest BCUT2D eigenvalue weighted by atomic mass is 35.5. The number of carbonyl (C=O) groups is 2. The largest absolute Gasteiger partial charge is 0.294 e. The van der Waals surface area contributed by atoms with E-state index in [1.165, 1.54) is 5.56 Å². The van der Waals surface area contributed by atoms with E-state index in [1.807, 2.05) is 18.2 Å². The number of aryl methyl sites for hydroxylation is 1. The predicted molar refractivity (Wildman–Crippen MR) is 108 cm³/mol. The molecule has 0 N–H and O–H groups in total. The first-order valence-corrected chi connectivity index (χ1v) is 9.90. The molecule has 1 atom stereocenters. The zero-order chi connectivity index (χ0) is 19.0. The van der Waals surface area contributed by atoms with Crippen LogP contribution < -0.4 is 4.90 Å². The molecule has 2 aliphatic rings. The van der Waals surface area contributed by atoms with Crippen molar-refractivity contribution in [3.63, 3.8) is 0 Å². The van der Waals surface area contributed by atoms with Crippen LogP contribution >= 0.6 is 11.6 Å². The molecule has 2 aromatic carbocycles. The lowest BCUT2D eigenvalue weighted by Crippen LogP contribution is -2.40. The Bertz CT molecular complexity index is 930. The van der Waals surface area contributed by atoms with E-state index in [0.29, 0.717) is 23.6 Å². The molecule has 1 aliphatic heterocycles. The summed E-state index contributed by atoms with van der Waals surface area (Å²) >= 11 is 6.38. The number of amides is 1. The summed E-state index contributed by atoms with van der Waals surface area (Å²) in [6.45, 7) is 2.12. The third-order valence-electron chi connectivity index (χ3n) is 5.56. The van der Waals surface area contributed by atoms with Crippen molar-refractivity contribution in [1.29, 1.82) is 0 Å². The van der Waals surface area contributed by atoms with Gasteiger partial charge in [0, 0.05) is 30.0 Å². The smallest absolute Gasteiger partial charge is 0.232 e. The molecule has 4 rings (SSSR count). The van der Waals surface area contributed by atoms with Gasteiger partial charge in [0.2, 0.25) is 5.91 Å². The third-order valence-corrected chi connectivity index (χ3v) is 5.88. The Morgan fingerprint density at radius 1 is 1.04 bits per heavy atom. The average molecular weight is 380 g/mol. The van der Waals surface area contributed by atoms with Crippen molar-refractivity contribution in [2.45, 2.75) is 44.9 Å². The first-order valence-electron chi connectivity index (χ1n) is 9.52. The van der Waals surface area contributed by atoms with Crippen LogP contribution in [0.2, 0.25) is 5.02 Å². The van der Waals surface area contributed by atoms with E-state index in [1.54, 1.807) is 11.0 Å². The van der Waals surface area contributed by atoms with E-state index in [2.05, 4.69) is 31.2 Å². The summed E-state index contributed by atoms with van der Waals surface area (Å²) in [4.78, 5) is 27.7. The molecule has 2 aromatic rings. The molecule has 1 aliphatic carbocycles. The van der Waals surface area contributed by atoms with Crippen LogP contribution in [0.15, 0.2) is 59.8 Å². The zero-order valence-electron chi connectivity index (χ0n) is 15.4. The molecule has 4 heteroatoms. The topological polar surface area (TPSA) is 37.4 Å². The molecular formula is C23H22ClNO2. The highest BCUT2D eigenvalue weighted by Gasteiger charge is 2.40. The molecule has 1 heterocycles. The fourth-order valence-corrected chi connectivity index (χ4v) is 4.40. The van der Waals surface area contributed by atoms with Gasteiger partial charge in [-0.1, -0.05) is 54.9 Å². The second kappa shape index (κ2) is 7.32. The van der Waals surface area contributed by atoms with Crippen molar-refractivity contribution < 1.29 is 9.59 Å². The highest BCUT2D eigenvalue weighted by Crippen LogP contribution is 2.44. The minimum absolute atomic E-state index is 0.00104. The summed E-state index contributed by atoms with van der Waals surface area (Å²) in [6.07, 6.45) is 3.31. The number of halogens is 1. The average Bonchev–Trinajstić information content (AvgIpc) is 2.68. The van der Waals surface area contributed by atoms with Crippen LogP contribution in [0.25, 0.3) is 0 Å². The molecule has 0 fully saturated rings. The number of benzene rings is 2. The monoisotopic (exact) mass is 379 g/mol. The Morgan fingerprint density at radius 3 is 2.48 bits per heavy atom. The van der Waals surface area contributed by atoms with Crippen LogP contribution in [0.4, 0.5) is 5.69 Å². The molecule has 0 saturated heterocycles. The van der Waals surface area contributed by atoms with E-state index >= 15 is 0 Å². The van der Waals surface area contributed by atoms with Gasteiger partial charge in [-0.2, -0.15) is 0 Å². The number of para-hydroxylation sites is 1. The number of nitrogens with zero attached hydrogens (tertiary/aromatic N) is 1. The number of rotatable bonds is 3. The Balaban J connectivity index is 1.84. The number of Topliss-reactive ketones (excluding diaryl/α,β-unsaturated/α-hetero) is 1. The second-order valence-corrected chi connectivity index (χ2v) is 7.58. The van der Waals surface area contributed by atoms with Crippen molar-refractivity contribution >= 4 is 29.0 Å². The molecule has 138 valence electrons. The van der Waals surface area contributed by atoms with Gasteiger partial charge < -0.3 is 0 Å². The van der Waals surface area contributed by atoms with Crippen molar-refractivity contribution in [1.82, 2.24) is 0 Å². The Hall–Kier alpha value is -2.39. The summed E-state index contributed by atoms with van der Waals surface area (Å²) in [5.41, 5.74) is 4.60. The molecule has 3 nitrogen and oxygen atoms in total. The molecular weight excluding hydrogens is 358 g/mol. The lowest BCUT2D eigenvalue weighted by Gasteiger charge is -2.38. The zero-order valence-corrected chi connectivity index (χ0v) is 16.1. The van der Waals surface area contributed by atoms with E-state index in [-0.39, 0.29) is 17.6 Å². The van der Waals surface area contributed by atoms with Gasteiger partial charge in [-0.05, 0) is 42.5 Å². The van der Waals surface area contributed by atoms with E-state index in [0.717, 1.165) is 36.1 Å². The van der Waals surface area contributed by atoms with Crippen LogP contribution in [0.1, 0.15) is 49.7 Å². The maximum absolute atomic E-state index is 13.1. The standard InChI is InChI=1S/C23H22ClNO2/c1-2-15-10-12-16(13-11-15)17-14-22(27)25(19-7-4-3-6-18(19)24)20-8-5-9-21(26)23(17)20/h3-4,6-7,10-13,17H,2,5,8-9,14H2,1H3. The molecule has 27 heavy (non-hydrogen) atoms. The summed E-state index contributed by atoms with van der Waals surface area (Å²) in [7, 11) is 0. The van der Waals surface area contributed by atoms with Crippen LogP contribution in [0.5, 0.6) is 0 Å². The normalized spacial score (nSPS) is 20.1. The van der Waals surface area contributed by atoms with Gasteiger partial charge in [0.25, 0.3) is 0 Å². The molecule has 1 unspecified atom stereocenters. The van der Waals surface area contributed by atoms with Crippen molar-refractivity contribution in [2.75, 3.05) is 4.90 Å². The van der Waals surface area contributed by atoms with Crippen LogP contribution in [-0.4, -0.2) is 11.7 Å². The Morgan fingerprint density at radius 2 is 1.78 bits per heavy atom. The van der Waals surface area contributed by atoms with E-state index in [4.69, 9.17) is 11.6 Å². The van der Waals surface area contributed by atoms with E-state index in [9.17, 15) is 9.59 Å². The summed E-state index contributed by atoms with van der Waals surface area (Å²) < 4.78 is 0. The number of anilines is 1. The van der Waals surface area contributed by atoms with Crippen LogP contribution in [-0.2, 0) is 16.0 Å². The van der Waals surface area contributed by atoms with Crippen LogP contribution in [0, 0.1) is 0 Å². The Kier molecular flexibility index (Phi) is 4.88. The van der Waals surface area contributed by atoms with E-state index < -0.39 is 0 Å². The molecule has 0 spiro atoms. The summed E-state index contributed by atoms with van der Waals surface area (Å²) in [6, 6.07) is 15.7. The van der Waals surface area contributed by atoms with Crippen molar-refractivity contribution in [3.05, 3.63) is 76.0 Å². The quantitative estimate of drug-likeness (QED) is 0.713. The number of allylic oxidation sites excluding steroid dienone is 2. The van der Waals surface area contributed by atoms with Gasteiger partial charge in [0.1, 0.15) is 0 Å². The summed E-state index contributed by atoms with van der Waals surface area (Å²) in [5, 5.41) is 0.529. The van der Waals surface area contributed by atoms with Gasteiger partial charge in [-0.3, -0.25) is 14.5 Å². The molecule has 1 amide bonds. The first kappa shape index (κ1) is 18.0. The lowest BCUT2D eigenvalue weighted by molar-refractivity contribution is -0.119. The van der Waals surface area contributed by atoms with Crippen molar-refractivity contribution in [3.8, 4) is 0 Å². The SMILES string of the molecule is CCc1ccc(C2CC(=O)N(c3ccccc3Cl)C3=C2C(=O)CCC3)cc1. The molecule has 0 saturated carbocycles. The number of hydrogen-bond donors (Lipinski definition) is 0. The molecule has 0 aromatic heterocycles. The number of ketones is 1. The Labute approximate surface area is 164 Å². The number of hydrogen-bond acceptors (Lipinski definition) is 2. The molecule has 0 radical (unpaired) electrons. The second-order valence-electron chi connectivity index (χ2n) is 7.17. The van der Waals surface area contributed by atoms with Gasteiger partial charge in [-0.25, -0.2) is 0 Å². The van der Waals surface area contributed by atoms with Gasteiger partial charge in [-0.15, -0.1) is 0 Å². The number of carbonyl (C=O) groups excluding carboxylic acids is 2. The molecule has 0 bridgehead atoms. The maximum Gasteiger partial charge on any atom is 0.232 e. The fraction of sp³-hybridized carbons (Fsp3) is 0.304. The minimum atomic E-state index is -0.162. The minimum Gasteiger partial charge on any atom is -0.294 e. The van der Waals surface area contributed by atoms with Gasteiger partial charge >= 0.3 is 0 Å². The van der Waals surface area contributed by atoms with Gasteiger partial charge in [0.05, 0.1) is 10.7 Å². The predicted octanol–water partition coefficient (Wildman–Crippen LogP) is 5.43. The summed E-state index contributed by atoms with van der Waals surface area (Å²) in [5.74, 6) is -0.00330. The van der Waals surface area contributed by atoms with Crippen LogP contribution in [0.3, 0.4) is 0 Å². The third kappa shape index (κ3) is 3.21. The maximum atomic E-state index is 13.1. The van der Waals surface area contributed by atoms with Crippen molar-refractivity contribution in [2.24, 2.45) is 0 Å². The lowest BCUT2D eigenvalue weighted by atomic mass is 9.77.